The van der Waals surface area contributed by atoms with Crippen LogP contribution in [0.2, 0.25) is 0 Å². The lowest BCUT2D eigenvalue weighted by molar-refractivity contribution is 0.502. The summed E-state index contributed by atoms with van der Waals surface area (Å²) in [5, 5.41) is 3.66. The Morgan fingerprint density at radius 3 is 2.78 bits per heavy atom. The highest BCUT2D eigenvalue weighted by molar-refractivity contribution is 7.98. The van der Waals surface area contributed by atoms with E-state index in [1.165, 1.54) is 36.4 Å². The molecule has 1 fully saturated rings. The van der Waals surface area contributed by atoms with E-state index in [1.54, 1.807) is 11.8 Å². The standard InChI is InChI=1S/C15H24N2S/c1-3-5-13-12-17(11-4-10-16-13)14-6-8-15(18-2)9-7-14/h6-9,13,16H,3-5,10-12H2,1-2H3. The molecule has 2 rings (SSSR count). The van der Waals surface area contributed by atoms with Gasteiger partial charge in [0.2, 0.25) is 0 Å². The smallest absolute Gasteiger partial charge is 0.0367 e. The lowest BCUT2D eigenvalue weighted by atomic mass is 10.1. The minimum Gasteiger partial charge on any atom is -0.370 e. The molecule has 1 N–H and O–H groups in total. The first-order valence-electron chi connectivity index (χ1n) is 6.96. The zero-order valence-corrected chi connectivity index (χ0v) is 12.3. The molecule has 1 saturated heterocycles. The van der Waals surface area contributed by atoms with Crippen molar-refractivity contribution in [2.24, 2.45) is 0 Å². The molecule has 100 valence electrons. The molecule has 0 radical (unpaired) electrons. The highest BCUT2D eigenvalue weighted by Crippen LogP contribution is 2.22. The van der Waals surface area contributed by atoms with Crippen molar-refractivity contribution in [2.45, 2.75) is 37.1 Å². The molecule has 1 unspecified atom stereocenters. The number of hydrogen-bond acceptors (Lipinski definition) is 3. The van der Waals surface area contributed by atoms with Crippen LogP contribution >= 0.6 is 11.8 Å². The molecular formula is C15H24N2S. The van der Waals surface area contributed by atoms with Crippen molar-refractivity contribution in [1.82, 2.24) is 5.32 Å². The molecule has 2 nitrogen and oxygen atoms in total. The fraction of sp³-hybridized carbons (Fsp3) is 0.600. The lowest BCUT2D eigenvalue weighted by Gasteiger charge is -2.26. The fourth-order valence-corrected chi connectivity index (χ4v) is 2.98. The number of nitrogens with zero attached hydrogens (tertiary/aromatic N) is 1. The van der Waals surface area contributed by atoms with Gasteiger partial charge in [-0.3, -0.25) is 0 Å². The van der Waals surface area contributed by atoms with Crippen LogP contribution in [0.3, 0.4) is 0 Å². The van der Waals surface area contributed by atoms with Gasteiger partial charge in [0.15, 0.2) is 0 Å². The van der Waals surface area contributed by atoms with Crippen molar-refractivity contribution in [2.75, 3.05) is 30.8 Å². The van der Waals surface area contributed by atoms with Gasteiger partial charge < -0.3 is 10.2 Å². The summed E-state index contributed by atoms with van der Waals surface area (Å²) in [7, 11) is 0. The van der Waals surface area contributed by atoms with Crippen molar-refractivity contribution in [3.8, 4) is 0 Å². The fourth-order valence-electron chi connectivity index (χ4n) is 2.57. The molecule has 0 spiro atoms. The van der Waals surface area contributed by atoms with E-state index in [0.717, 1.165) is 13.1 Å². The van der Waals surface area contributed by atoms with Crippen LogP contribution in [0.5, 0.6) is 0 Å². The van der Waals surface area contributed by atoms with Crippen LogP contribution in [-0.4, -0.2) is 31.9 Å². The second-order valence-electron chi connectivity index (χ2n) is 4.94. The molecule has 0 aliphatic carbocycles. The highest BCUT2D eigenvalue weighted by atomic mass is 32.2. The van der Waals surface area contributed by atoms with E-state index in [2.05, 4.69) is 47.7 Å². The van der Waals surface area contributed by atoms with Crippen LogP contribution in [0.15, 0.2) is 29.2 Å². The SMILES string of the molecule is CCCC1CN(c2ccc(SC)cc2)CCCN1. The van der Waals surface area contributed by atoms with E-state index in [4.69, 9.17) is 0 Å². The average Bonchev–Trinajstić information content (AvgIpc) is 2.65. The average molecular weight is 264 g/mol. The summed E-state index contributed by atoms with van der Waals surface area (Å²) in [6.45, 7) is 5.74. The molecular weight excluding hydrogens is 240 g/mol. The third-order valence-corrected chi connectivity index (χ3v) is 4.30. The lowest BCUT2D eigenvalue weighted by Crippen LogP contribution is -2.37. The molecule has 3 heteroatoms. The third-order valence-electron chi connectivity index (χ3n) is 3.55. The second-order valence-corrected chi connectivity index (χ2v) is 5.82. The number of benzene rings is 1. The quantitative estimate of drug-likeness (QED) is 0.839. The van der Waals surface area contributed by atoms with Crippen molar-refractivity contribution in [1.29, 1.82) is 0 Å². The van der Waals surface area contributed by atoms with Gasteiger partial charge in [0.1, 0.15) is 0 Å². The maximum Gasteiger partial charge on any atom is 0.0367 e. The molecule has 1 aliphatic heterocycles. The Morgan fingerprint density at radius 2 is 2.11 bits per heavy atom. The molecule has 1 aliphatic rings. The summed E-state index contributed by atoms with van der Waals surface area (Å²) < 4.78 is 0. The summed E-state index contributed by atoms with van der Waals surface area (Å²) in [6.07, 6.45) is 5.91. The molecule has 0 saturated carbocycles. The Balaban J connectivity index is 2.04. The number of hydrogen-bond donors (Lipinski definition) is 1. The number of rotatable bonds is 4. The minimum absolute atomic E-state index is 0.651. The molecule has 1 atom stereocenters. The van der Waals surface area contributed by atoms with E-state index in [-0.39, 0.29) is 0 Å². The van der Waals surface area contributed by atoms with Crippen LogP contribution in [0.4, 0.5) is 5.69 Å². The molecule has 0 aromatic heterocycles. The molecule has 1 aromatic rings. The number of thioether (sulfide) groups is 1. The van der Waals surface area contributed by atoms with Gasteiger partial charge in [0.25, 0.3) is 0 Å². The molecule has 18 heavy (non-hydrogen) atoms. The highest BCUT2D eigenvalue weighted by Gasteiger charge is 2.16. The summed E-state index contributed by atoms with van der Waals surface area (Å²) in [4.78, 5) is 3.88. The van der Waals surface area contributed by atoms with Gasteiger partial charge in [-0.05, 0) is 49.9 Å². The minimum atomic E-state index is 0.651. The Bertz CT molecular complexity index is 350. The number of nitrogens with one attached hydrogen (secondary N) is 1. The summed E-state index contributed by atoms with van der Waals surface area (Å²) in [6, 6.07) is 9.64. The van der Waals surface area contributed by atoms with Crippen molar-refractivity contribution in [3.05, 3.63) is 24.3 Å². The normalized spacial score (nSPS) is 20.8. The van der Waals surface area contributed by atoms with Gasteiger partial charge in [-0.1, -0.05) is 13.3 Å². The van der Waals surface area contributed by atoms with Crippen molar-refractivity contribution < 1.29 is 0 Å². The van der Waals surface area contributed by atoms with E-state index < -0.39 is 0 Å². The van der Waals surface area contributed by atoms with E-state index >= 15 is 0 Å². The predicted octanol–water partition coefficient (Wildman–Crippen LogP) is 3.38. The van der Waals surface area contributed by atoms with Crippen molar-refractivity contribution >= 4 is 17.4 Å². The van der Waals surface area contributed by atoms with Crippen LogP contribution in [0, 0.1) is 0 Å². The Labute approximate surface area is 115 Å². The van der Waals surface area contributed by atoms with Crippen LogP contribution in [0.1, 0.15) is 26.2 Å². The first-order chi connectivity index (χ1) is 8.83. The van der Waals surface area contributed by atoms with Crippen LogP contribution in [0.25, 0.3) is 0 Å². The zero-order valence-electron chi connectivity index (χ0n) is 11.5. The maximum atomic E-state index is 3.66. The zero-order chi connectivity index (χ0) is 12.8. The summed E-state index contributed by atoms with van der Waals surface area (Å²) in [5.41, 5.74) is 1.37. The Hall–Kier alpha value is -0.670. The molecule has 1 aromatic carbocycles. The van der Waals surface area contributed by atoms with E-state index in [1.807, 2.05) is 0 Å². The van der Waals surface area contributed by atoms with Crippen LogP contribution < -0.4 is 10.2 Å². The van der Waals surface area contributed by atoms with Gasteiger partial charge in [-0.2, -0.15) is 0 Å². The van der Waals surface area contributed by atoms with Crippen LogP contribution in [-0.2, 0) is 0 Å². The molecule has 0 amide bonds. The monoisotopic (exact) mass is 264 g/mol. The van der Waals surface area contributed by atoms with E-state index in [9.17, 15) is 0 Å². The first kappa shape index (κ1) is 13.8. The number of anilines is 1. The summed E-state index contributed by atoms with van der Waals surface area (Å²) >= 11 is 1.81. The maximum absolute atomic E-state index is 3.66. The van der Waals surface area contributed by atoms with Gasteiger partial charge >= 0.3 is 0 Å². The Kier molecular flexibility index (Phi) is 5.39. The topological polar surface area (TPSA) is 15.3 Å². The molecule has 1 heterocycles. The van der Waals surface area contributed by atoms with E-state index in [0.29, 0.717) is 6.04 Å². The summed E-state index contributed by atoms with van der Waals surface area (Å²) in [5.74, 6) is 0. The Morgan fingerprint density at radius 1 is 1.33 bits per heavy atom. The van der Waals surface area contributed by atoms with Gasteiger partial charge in [0.05, 0.1) is 0 Å². The molecule has 0 bridgehead atoms. The predicted molar refractivity (Wildman–Crippen MR) is 81.8 cm³/mol. The second kappa shape index (κ2) is 7.05. The van der Waals surface area contributed by atoms with Gasteiger partial charge in [0, 0.05) is 29.7 Å². The largest absolute Gasteiger partial charge is 0.370 e. The first-order valence-corrected chi connectivity index (χ1v) is 8.18. The van der Waals surface area contributed by atoms with Gasteiger partial charge in [-0.25, -0.2) is 0 Å². The van der Waals surface area contributed by atoms with Gasteiger partial charge in [-0.15, -0.1) is 11.8 Å². The third kappa shape index (κ3) is 3.66. The van der Waals surface area contributed by atoms with Crippen molar-refractivity contribution in [3.63, 3.8) is 0 Å².